The van der Waals surface area contributed by atoms with E-state index in [1.165, 1.54) is 6.20 Å². The third-order valence-electron chi connectivity index (χ3n) is 5.38. The summed E-state index contributed by atoms with van der Waals surface area (Å²) in [5.74, 6) is -1.60. The van der Waals surface area contributed by atoms with Crippen LogP contribution in [0, 0.1) is 10.8 Å². The maximum atomic E-state index is 13.6. The van der Waals surface area contributed by atoms with Crippen LogP contribution in [-0.4, -0.2) is 87.4 Å². The van der Waals surface area contributed by atoms with Crippen LogP contribution in [0.5, 0.6) is 0 Å². The summed E-state index contributed by atoms with van der Waals surface area (Å²) in [6, 6.07) is 1.68. The van der Waals surface area contributed by atoms with Crippen LogP contribution < -0.4 is 21.3 Å². The molecule has 1 amide bonds. The van der Waals surface area contributed by atoms with Crippen molar-refractivity contribution < 1.29 is 17.6 Å². The van der Waals surface area contributed by atoms with Crippen molar-refractivity contribution in [2.45, 2.75) is 18.5 Å². The molecule has 0 bridgehead atoms. The van der Waals surface area contributed by atoms with E-state index in [-0.39, 0.29) is 24.6 Å². The SMILES string of the molecule is CN1CC(F)CNC1C(C(=O)Nc1cnccc1N1CCS(=O)(=O)CC1)C(N)N=O. The van der Waals surface area contributed by atoms with Crippen molar-refractivity contribution in [2.24, 2.45) is 16.8 Å². The van der Waals surface area contributed by atoms with Crippen molar-refractivity contribution in [1.82, 2.24) is 15.2 Å². The molecule has 0 aromatic carbocycles. The van der Waals surface area contributed by atoms with Gasteiger partial charge in [0.2, 0.25) is 5.91 Å². The number of hydrogen-bond donors (Lipinski definition) is 3. The van der Waals surface area contributed by atoms with Crippen molar-refractivity contribution >= 4 is 27.1 Å². The number of pyridine rings is 1. The van der Waals surface area contributed by atoms with E-state index in [0.29, 0.717) is 24.5 Å². The van der Waals surface area contributed by atoms with Gasteiger partial charge in [-0.3, -0.25) is 20.0 Å². The standard InChI is InChI=1S/C17H26FN7O4S/c1-24-10-11(18)8-21-16(24)14(15(19)23-27)17(26)22-12-9-20-3-2-13(12)25-4-6-30(28,29)7-5-25/h2-3,9,11,14-16,21H,4-8,10,19H2,1H3,(H,22,26). The Balaban J connectivity index is 1.80. The van der Waals surface area contributed by atoms with Gasteiger partial charge in [0.25, 0.3) is 0 Å². The first-order chi connectivity index (χ1) is 14.2. The zero-order valence-electron chi connectivity index (χ0n) is 16.6. The van der Waals surface area contributed by atoms with E-state index >= 15 is 0 Å². The summed E-state index contributed by atoms with van der Waals surface area (Å²) in [7, 11) is -1.44. The van der Waals surface area contributed by atoms with Gasteiger partial charge in [-0.05, 0) is 13.1 Å². The molecular formula is C17H26FN7O4S. The minimum atomic E-state index is -3.07. The first-order valence-electron chi connectivity index (χ1n) is 9.58. The van der Waals surface area contributed by atoms with Crippen molar-refractivity contribution in [2.75, 3.05) is 54.9 Å². The Morgan fingerprint density at radius 1 is 1.43 bits per heavy atom. The molecule has 4 N–H and O–H groups in total. The van der Waals surface area contributed by atoms with Crippen molar-refractivity contribution in [1.29, 1.82) is 0 Å². The normalized spacial score (nSPS) is 26.6. The van der Waals surface area contributed by atoms with Gasteiger partial charge in [0, 0.05) is 32.4 Å². The summed E-state index contributed by atoms with van der Waals surface area (Å²) >= 11 is 0. The minimum Gasteiger partial charge on any atom is -0.368 e. The highest BCUT2D eigenvalue weighted by atomic mass is 32.2. The number of aromatic nitrogens is 1. The Labute approximate surface area is 174 Å². The number of alkyl halides is 1. The van der Waals surface area contributed by atoms with Crippen molar-refractivity contribution in [3.05, 3.63) is 23.4 Å². The number of nitrogens with one attached hydrogen (secondary N) is 2. The molecule has 0 spiro atoms. The molecule has 1 aromatic heterocycles. The van der Waals surface area contributed by atoms with Crippen LogP contribution in [0.25, 0.3) is 0 Å². The smallest absolute Gasteiger partial charge is 0.234 e. The van der Waals surface area contributed by atoms with Crippen molar-refractivity contribution in [3.63, 3.8) is 0 Å². The average Bonchev–Trinajstić information content (AvgIpc) is 2.70. The Morgan fingerprint density at radius 3 is 2.77 bits per heavy atom. The molecule has 0 aliphatic carbocycles. The number of hydrogen-bond acceptors (Lipinski definition) is 10. The van der Waals surface area contributed by atoms with Gasteiger partial charge in [0.1, 0.15) is 12.1 Å². The lowest BCUT2D eigenvalue weighted by Gasteiger charge is -2.40. The number of carbonyl (C=O) groups excluding carboxylic acids is 1. The summed E-state index contributed by atoms with van der Waals surface area (Å²) in [6.07, 6.45) is -0.132. The largest absolute Gasteiger partial charge is 0.368 e. The van der Waals surface area contributed by atoms with Crippen LogP contribution in [0.4, 0.5) is 15.8 Å². The monoisotopic (exact) mass is 443 g/mol. The molecular weight excluding hydrogens is 417 g/mol. The fraction of sp³-hybridized carbons (Fsp3) is 0.647. The van der Waals surface area contributed by atoms with Gasteiger partial charge < -0.3 is 16.0 Å². The fourth-order valence-electron chi connectivity index (χ4n) is 3.78. The zero-order valence-corrected chi connectivity index (χ0v) is 17.4. The van der Waals surface area contributed by atoms with Gasteiger partial charge in [-0.25, -0.2) is 12.8 Å². The van der Waals surface area contributed by atoms with E-state index in [9.17, 15) is 22.5 Å². The van der Waals surface area contributed by atoms with Gasteiger partial charge in [-0.1, -0.05) is 5.18 Å². The van der Waals surface area contributed by atoms with Gasteiger partial charge >= 0.3 is 0 Å². The third kappa shape index (κ3) is 5.09. The lowest BCUT2D eigenvalue weighted by atomic mass is 9.98. The van der Waals surface area contributed by atoms with E-state index < -0.39 is 40.2 Å². The predicted molar refractivity (Wildman–Crippen MR) is 110 cm³/mol. The molecule has 30 heavy (non-hydrogen) atoms. The Hall–Kier alpha value is -2.22. The second-order valence-electron chi connectivity index (χ2n) is 7.53. The molecule has 13 heteroatoms. The molecule has 3 heterocycles. The molecule has 2 aliphatic rings. The number of carbonyl (C=O) groups is 1. The number of rotatable bonds is 6. The van der Waals surface area contributed by atoms with Crippen LogP contribution in [-0.2, 0) is 14.6 Å². The van der Waals surface area contributed by atoms with Crippen LogP contribution in [0.1, 0.15) is 0 Å². The van der Waals surface area contributed by atoms with Gasteiger partial charge in [0.05, 0.1) is 35.2 Å². The molecule has 2 fully saturated rings. The fourth-order valence-corrected chi connectivity index (χ4v) is 4.98. The topological polar surface area (TPSA) is 150 Å². The van der Waals surface area contributed by atoms with Gasteiger partial charge in [-0.2, -0.15) is 0 Å². The number of nitrogens with two attached hydrogens (primary N) is 1. The Morgan fingerprint density at radius 2 is 2.13 bits per heavy atom. The molecule has 4 atom stereocenters. The number of halogens is 1. The second kappa shape index (κ2) is 9.29. The lowest BCUT2D eigenvalue weighted by Crippen LogP contribution is -2.62. The molecule has 3 rings (SSSR count). The number of nitroso groups, excluding NO2 is 1. The zero-order chi connectivity index (χ0) is 21.9. The first-order valence-corrected chi connectivity index (χ1v) is 11.4. The molecule has 11 nitrogen and oxygen atoms in total. The molecule has 4 unspecified atom stereocenters. The summed E-state index contributed by atoms with van der Waals surface area (Å²) in [4.78, 5) is 31.7. The van der Waals surface area contributed by atoms with Crippen LogP contribution in [0.3, 0.4) is 0 Å². The lowest BCUT2D eigenvalue weighted by molar-refractivity contribution is -0.124. The summed E-state index contributed by atoms with van der Waals surface area (Å²) in [5.41, 5.74) is 6.80. The van der Waals surface area contributed by atoms with E-state index in [1.54, 1.807) is 24.2 Å². The minimum absolute atomic E-state index is 0.0203. The summed E-state index contributed by atoms with van der Waals surface area (Å²) in [5, 5.41) is 8.47. The summed E-state index contributed by atoms with van der Waals surface area (Å²) in [6.45, 7) is 0.704. The number of sulfone groups is 1. The van der Waals surface area contributed by atoms with E-state index in [1.807, 2.05) is 4.90 Å². The maximum Gasteiger partial charge on any atom is 0.234 e. The van der Waals surface area contributed by atoms with Crippen LogP contribution in [0.15, 0.2) is 23.6 Å². The first kappa shape index (κ1) is 22.5. The quantitative estimate of drug-likeness (QED) is 0.476. The summed E-state index contributed by atoms with van der Waals surface area (Å²) < 4.78 is 37.1. The third-order valence-corrected chi connectivity index (χ3v) is 6.99. The van der Waals surface area contributed by atoms with E-state index in [2.05, 4.69) is 20.8 Å². The predicted octanol–water partition coefficient (Wildman–Crippen LogP) is -0.878. The highest BCUT2D eigenvalue weighted by Crippen LogP contribution is 2.28. The molecule has 0 saturated carbocycles. The maximum absolute atomic E-state index is 13.6. The second-order valence-corrected chi connectivity index (χ2v) is 9.84. The average molecular weight is 444 g/mol. The van der Waals surface area contributed by atoms with Crippen LogP contribution in [0.2, 0.25) is 0 Å². The van der Waals surface area contributed by atoms with Gasteiger partial charge in [-0.15, -0.1) is 4.91 Å². The van der Waals surface area contributed by atoms with Crippen molar-refractivity contribution in [3.8, 4) is 0 Å². The molecule has 166 valence electrons. The van der Waals surface area contributed by atoms with Gasteiger partial charge in [0.15, 0.2) is 16.0 Å². The highest BCUT2D eigenvalue weighted by Gasteiger charge is 2.40. The molecule has 0 radical (unpaired) electrons. The highest BCUT2D eigenvalue weighted by molar-refractivity contribution is 7.91. The van der Waals surface area contributed by atoms with Crippen LogP contribution >= 0.6 is 0 Å². The number of amides is 1. The Bertz CT molecular complexity index is 873. The van der Waals surface area contributed by atoms with E-state index in [4.69, 9.17) is 5.73 Å². The molecule has 1 aromatic rings. The van der Waals surface area contributed by atoms with E-state index in [0.717, 1.165) is 0 Å². The Kier molecular flexibility index (Phi) is 6.95. The molecule has 2 aliphatic heterocycles. The molecule has 2 saturated heterocycles. The number of nitrogens with zero attached hydrogens (tertiary/aromatic N) is 4. The number of anilines is 2.